The van der Waals surface area contributed by atoms with Crippen LogP contribution in [-0.2, 0) is 17.8 Å². The topological polar surface area (TPSA) is 70.8 Å². The lowest BCUT2D eigenvalue weighted by molar-refractivity contribution is -0.145. The number of carboxylic acids is 1. The number of hydrogen-bond acceptors (Lipinski definition) is 5. The van der Waals surface area contributed by atoms with E-state index in [-0.39, 0.29) is 12.0 Å². The molecule has 3 aromatic rings. The Balaban J connectivity index is 1.12. The lowest BCUT2D eigenvalue weighted by Crippen LogP contribution is -2.46. The van der Waals surface area contributed by atoms with Crippen molar-refractivity contribution in [2.75, 3.05) is 39.8 Å². The molecule has 45 heavy (non-hydrogen) atoms. The molecule has 2 aromatic carbocycles. The highest BCUT2D eigenvalue weighted by atomic mass is 16.5. The van der Waals surface area contributed by atoms with Gasteiger partial charge < -0.3 is 14.7 Å². The number of carbonyl (C=O) groups is 1. The molecule has 3 fully saturated rings. The van der Waals surface area contributed by atoms with Crippen molar-refractivity contribution in [3.05, 3.63) is 82.7 Å². The van der Waals surface area contributed by atoms with Crippen LogP contribution in [0.4, 0.5) is 0 Å². The Hall–Kier alpha value is -3.16. The largest absolute Gasteiger partial charge is 0.497 e. The number of benzene rings is 2. The number of piperidine rings is 1. The second-order valence-electron chi connectivity index (χ2n) is 13.9. The molecule has 3 unspecified atom stereocenters. The molecule has 1 aromatic heterocycles. The van der Waals surface area contributed by atoms with Crippen molar-refractivity contribution in [2.45, 2.75) is 89.6 Å². The van der Waals surface area contributed by atoms with Crippen LogP contribution in [0.15, 0.2) is 54.6 Å². The number of nitrogens with zero attached hydrogens (tertiary/aromatic N) is 4. The van der Waals surface area contributed by atoms with E-state index in [1.807, 2.05) is 12.1 Å². The summed E-state index contributed by atoms with van der Waals surface area (Å²) < 4.78 is 7.54. The van der Waals surface area contributed by atoms with E-state index < -0.39 is 5.97 Å². The molecule has 0 amide bonds. The highest BCUT2D eigenvalue weighted by molar-refractivity contribution is 5.74. The summed E-state index contributed by atoms with van der Waals surface area (Å²) in [6, 6.07) is 19.2. The van der Waals surface area contributed by atoms with Gasteiger partial charge in [0.25, 0.3) is 0 Å². The molecule has 6 rings (SSSR count). The molecule has 1 saturated carbocycles. The summed E-state index contributed by atoms with van der Waals surface area (Å²) in [4.78, 5) is 17.7. The van der Waals surface area contributed by atoms with Gasteiger partial charge in [0.1, 0.15) is 11.8 Å². The highest BCUT2D eigenvalue weighted by Crippen LogP contribution is 2.39. The molecule has 3 aliphatic rings. The van der Waals surface area contributed by atoms with Crippen LogP contribution in [0.1, 0.15) is 91.8 Å². The van der Waals surface area contributed by atoms with Gasteiger partial charge in [0, 0.05) is 50.1 Å². The van der Waals surface area contributed by atoms with Gasteiger partial charge in [0.15, 0.2) is 0 Å². The van der Waals surface area contributed by atoms with Crippen molar-refractivity contribution in [3.8, 4) is 5.75 Å². The van der Waals surface area contributed by atoms with E-state index in [1.54, 1.807) is 7.11 Å². The van der Waals surface area contributed by atoms with Crippen molar-refractivity contribution >= 4 is 5.97 Å². The Kier molecular flexibility index (Phi) is 10.3. The number of aryl methyl sites for hydroxylation is 2. The zero-order valence-corrected chi connectivity index (χ0v) is 27.5. The molecule has 7 heteroatoms. The molecule has 0 spiro atoms. The van der Waals surface area contributed by atoms with E-state index in [0.717, 1.165) is 82.8 Å². The first-order valence-corrected chi connectivity index (χ1v) is 17.4. The van der Waals surface area contributed by atoms with Gasteiger partial charge in [-0.05, 0) is 93.8 Å². The minimum Gasteiger partial charge on any atom is -0.497 e. The van der Waals surface area contributed by atoms with Gasteiger partial charge in [-0.3, -0.25) is 14.4 Å². The Labute approximate surface area is 269 Å². The Morgan fingerprint density at radius 2 is 1.76 bits per heavy atom. The van der Waals surface area contributed by atoms with Crippen molar-refractivity contribution < 1.29 is 14.6 Å². The van der Waals surface area contributed by atoms with Gasteiger partial charge in [-0.2, -0.15) is 5.10 Å². The van der Waals surface area contributed by atoms with Crippen molar-refractivity contribution in [1.29, 1.82) is 0 Å². The number of rotatable bonds is 11. The third kappa shape index (κ3) is 7.47. The average Bonchev–Trinajstić information content (AvgIpc) is 3.66. The Morgan fingerprint density at radius 3 is 2.42 bits per heavy atom. The maximum atomic E-state index is 12.7. The molecule has 3 atom stereocenters. The number of aromatic nitrogens is 2. The maximum Gasteiger partial charge on any atom is 0.321 e. The minimum absolute atomic E-state index is 0.280. The zero-order valence-electron chi connectivity index (χ0n) is 27.5. The second kappa shape index (κ2) is 14.5. The molecular formula is C38H52N4O3. The van der Waals surface area contributed by atoms with Crippen LogP contribution in [0, 0.1) is 18.8 Å². The van der Waals surface area contributed by atoms with Crippen LogP contribution in [0.2, 0.25) is 0 Å². The van der Waals surface area contributed by atoms with E-state index in [2.05, 4.69) is 70.8 Å². The summed E-state index contributed by atoms with van der Waals surface area (Å²) in [6.07, 6.45) is 8.80. The fourth-order valence-electron chi connectivity index (χ4n) is 8.55. The standard InChI is InChI=1S/C38H52N4O3/c1-4-42-36(23-33(39-42)22-28-13-15-34(45-3)16-14-28)29-17-19-40(20-18-29)24-32-25-41(26-35(32)31-12-8-9-27(2)21-31)37(38(43)44)30-10-6-5-7-11-30/h8-9,12-16,21,23,29-30,32,35,37H,4-7,10-11,17-20,22,24-26H2,1-3H3,(H,43,44). The van der Waals surface area contributed by atoms with Gasteiger partial charge in [-0.25, -0.2) is 0 Å². The van der Waals surface area contributed by atoms with Crippen LogP contribution in [0.5, 0.6) is 5.75 Å². The summed E-state index contributed by atoms with van der Waals surface area (Å²) in [5.41, 5.74) is 6.42. The highest BCUT2D eigenvalue weighted by Gasteiger charge is 2.43. The summed E-state index contributed by atoms with van der Waals surface area (Å²) in [5, 5.41) is 15.4. The number of aliphatic carboxylic acids is 1. The fourth-order valence-corrected chi connectivity index (χ4v) is 8.55. The van der Waals surface area contributed by atoms with E-state index in [4.69, 9.17) is 9.84 Å². The van der Waals surface area contributed by atoms with Crippen molar-refractivity contribution in [2.24, 2.45) is 11.8 Å². The number of hydrogen-bond donors (Lipinski definition) is 1. The number of ether oxygens (including phenoxy) is 1. The molecule has 2 saturated heterocycles. The fraction of sp³-hybridized carbons (Fsp3) is 0.579. The summed E-state index contributed by atoms with van der Waals surface area (Å²) >= 11 is 0. The van der Waals surface area contributed by atoms with Crippen LogP contribution in [-0.4, -0.2) is 76.5 Å². The lowest BCUT2D eigenvalue weighted by Gasteiger charge is -2.35. The van der Waals surface area contributed by atoms with Gasteiger partial charge in [0.2, 0.25) is 0 Å². The predicted molar refractivity (Wildman–Crippen MR) is 179 cm³/mol. The average molecular weight is 613 g/mol. The first-order valence-electron chi connectivity index (χ1n) is 17.4. The van der Waals surface area contributed by atoms with Crippen LogP contribution < -0.4 is 4.74 Å². The van der Waals surface area contributed by atoms with Gasteiger partial charge in [-0.1, -0.05) is 61.2 Å². The molecule has 7 nitrogen and oxygen atoms in total. The van der Waals surface area contributed by atoms with E-state index >= 15 is 0 Å². The number of methoxy groups -OCH3 is 1. The molecule has 242 valence electrons. The summed E-state index contributed by atoms with van der Waals surface area (Å²) in [6.45, 7) is 10.2. The van der Waals surface area contributed by atoms with Gasteiger partial charge in [0.05, 0.1) is 12.8 Å². The van der Waals surface area contributed by atoms with Crippen LogP contribution in [0.25, 0.3) is 0 Å². The van der Waals surface area contributed by atoms with Gasteiger partial charge >= 0.3 is 5.97 Å². The first-order chi connectivity index (χ1) is 21.9. The molecule has 0 radical (unpaired) electrons. The van der Waals surface area contributed by atoms with Crippen LogP contribution in [0.3, 0.4) is 0 Å². The smallest absolute Gasteiger partial charge is 0.321 e. The Bertz CT molecular complexity index is 1400. The normalized spacial score (nSPS) is 22.9. The second-order valence-corrected chi connectivity index (χ2v) is 13.9. The SMILES string of the molecule is CCn1nc(Cc2ccc(OC)cc2)cc1C1CCN(CC2CN(C(C(=O)O)C3CCCCC3)CC2c2cccc(C)c2)CC1. The van der Waals surface area contributed by atoms with Crippen LogP contribution >= 0.6 is 0 Å². The summed E-state index contributed by atoms with van der Waals surface area (Å²) in [7, 11) is 1.70. The van der Waals surface area contributed by atoms with Gasteiger partial charge in [-0.15, -0.1) is 0 Å². The van der Waals surface area contributed by atoms with Crippen molar-refractivity contribution in [3.63, 3.8) is 0 Å². The number of likely N-dealkylation sites (tertiary alicyclic amines) is 2. The predicted octanol–water partition coefficient (Wildman–Crippen LogP) is 6.74. The van der Waals surface area contributed by atoms with Crippen molar-refractivity contribution in [1.82, 2.24) is 19.6 Å². The molecule has 1 aliphatic carbocycles. The first kappa shape index (κ1) is 31.8. The zero-order chi connectivity index (χ0) is 31.3. The minimum atomic E-state index is -0.620. The van der Waals surface area contributed by atoms with E-state index in [1.165, 1.54) is 41.6 Å². The monoisotopic (exact) mass is 612 g/mol. The molecule has 1 N–H and O–H groups in total. The Morgan fingerprint density at radius 1 is 1.00 bits per heavy atom. The van der Waals surface area contributed by atoms with E-state index in [9.17, 15) is 9.90 Å². The van der Waals surface area contributed by atoms with E-state index in [0.29, 0.717) is 17.8 Å². The maximum absolute atomic E-state index is 12.7. The molecule has 2 aliphatic heterocycles. The summed E-state index contributed by atoms with van der Waals surface area (Å²) in [5.74, 6) is 1.87. The third-order valence-corrected chi connectivity index (χ3v) is 10.9. The number of carboxylic acid groups (broad SMARTS) is 1. The third-order valence-electron chi connectivity index (χ3n) is 10.9. The lowest BCUT2D eigenvalue weighted by atomic mass is 9.83. The quantitative estimate of drug-likeness (QED) is 0.259. The molecule has 3 heterocycles. The molecular weight excluding hydrogens is 560 g/mol. The molecule has 0 bridgehead atoms.